The number of amides is 1. The van der Waals surface area contributed by atoms with E-state index in [0.717, 1.165) is 70.6 Å². The summed E-state index contributed by atoms with van der Waals surface area (Å²) in [4.78, 5) is 23.2. The van der Waals surface area contributed by atoms with Gasteiger partial charge in [-0.3, -0.25) is 13.8 Å². The van der Waals surface area contributed by atoms with Crippen LogP contribution in [0.15, 0.2) is 122 Å². The van der Waals surface area contributed by atoms with Crippen molar-refractivity contribution in [3.63, 3.8) is 0 Å². The minimum absolute atomic E-state index is 0.00194. The van der Waals surface area contributed by atoms with Gasteiger partial charge in [-0.25, -0.2) is 4.57 Å². The number of carbonyl (C=O) groups is 1. The summed E-state index contributed by atoms with van der Waals surface area (Å²) in [5, 5.41) is 24.6. The number of hydrogen-bond acceptors (Lipinski definition) is 6. The average molecular weight is 926 g/mol. The first kappa shape index (κ1) is 61.9. The Hall–Kier alpha value is -3.14. The van der Waals surface area contributed by atoms with E-state index in [1.165, 1.54) is 44.9 Å². The summed E-state index contributed by atoms with van der Waals surface area (Å²) in [7, 11) is 1.36. The van der Waals surface area contributed by atoms with Gasteiger partial charge < -0.3 is 24.9 Å². The number of aliphatic hydroxyl groups excluding tert-OH is 2. The number of allylic oxidation sites excluding steroid dienone is 20. The third-order valence-electron chi connectivity index (χ3n) is 10.3. The molecule has 0 aromatic carbocycles. The van der Waals surface area contributed by atoms with Crippen LogP contribution in [0.25, 0.3) is 0 Å². The van der Waals surface area contributed by atoms with E-state index in [-0.39, 0.29) is 18.9 Å². The van der Waals surface area contributed by atoms with Crippen molar-refractivity contribution < 1.29 is 38.0 Å². The molecule has 4 unspecified atom stereocenters. The second-order valence-corrected chi connectivity index (χ2v) is 19.0. The molecule has 370 valence electrons. The van der Waals surface area contributed by atoms with E-state index in [9.17, 15) is 24.5 Å². The highest BCUT2D eigenvalue weighted by molar-refractivity contribution is 7.47. The third kappa shape index (κ3) is 45.8. The van der Waals surface area contributed by atoms with Crippen molar-refractivity contribution in [1.82, 2.24) is 5.32 Å². The summed E-state index contributed by atoms with van der Waals surface area (Å²) in [6.45, 7) is 4.38. The Morgan fingerprint density at radius 3 is 1.42 bits per heavy atom. The lowest BCUT2D eigenvalue weighted by molar-refractivity contribution is -0.870. The van der Waals surface area contributed by atoms with Gasteiger partial charge in [-0.2, -0.15) is 0 Å². The van der Waals surface area contributed by atoms with Gasteiger partial charge in [0.15, 0.2) is 0 Å². The Bertz CT molecular complexity index is 1480. The maximum absolute atomic E-state index is 12.9. The molecule has 0 fully saturated rings. The smallest absolute Gasteiger partial charge is 0.390 e. The van der Waals surface area contributed by atoms with E-state index in [1.54, 1.807) is 0 Å². The van der Waals surface area contributed by atoms with E-state index in [4.69, 9.17) is 9.05 Å². The molecule has 0 saturated heterocycles. The van der Waals surface area contributed by atoms with E-state index >= 15 is 0 Å². The molecular formula is C55H94N2O7P+. The molecule has 4 N–H and O–H groups in total. The molecule has 9 nitrogen and oxygen atoms in total. The van der Waals surface area contributed by atoms with E-state index < -0.39 is 32.7 Å². The van der Waals surface area contributed by atoms with Crippen molar-refractivity contribution in [3.8, 4) is 0 Å². The zero-order valence-corrected chi connectivity index (χ0v) is 42.4. The van der Waals surface area contributed by atoms with Crippen LogP contribution in [0.2, 0.25) is 0 Å². The van der Waals surface area contributed by atoms with Gasteiger partial charge in [0.25, 0.3) is 0 Å². The predicted molar refractivity (Wildman–Crippen MR) is 278 cm³/mol. The lowest BCUT2D eigenvalue weighted by atomic mass is 10.0. The summed E-state index contributed by atoms with van der Waals surface area (Å²) in [6.07, 6.45) is 62.8. The number of quaternary nitrogens is 1. The molecule has 0 bridgehead atoms. The minimum Gasteiger partial charge on any atom is -0.390 e. The van der Waals surface area contributed by atoms with Crippen LogP contribution in [0.4, 0.5) is 0 Å². The molecule has 4 atom stereocenters. The van der Waals surface area contributed by atoms with Crippen LogP contribution in [0.1, 0.15) is 162 Å². The standard InChI is InChI=1S/C55H93N2O7P/c1-6-8-10-12-14-16-18-20-21-22-23-24-25-26-27-28-29-30-31-32-33-34-35-36-38-40-42-44-46-48-54(59)56-52(51-64-65(61,62)63-50-49-57(3,4)5)55(60)53(58)47-45-43-41-39-37-19-17-15-13-11-9-7-2/h8,10,14,16,20-21,23-24,26-27,29-30,32-33,35-36,39-42,52-53,55,58,60H,6-7,9,11-13,15,17-19,22,25,28,31,34,37-38,43-51H2,1-5H3,(H-,56,59,61,62)/p+1/b10-8-,16-14-,21-20-,24-23-,27-26-,30-29-,33-32-,36-35-,41-39+,42-40-. The van der Waals surface area contributed by atoms with E-state index in [0.29, 0.717) is 36.7 Å². The third-order valence-corrected chi connectivity index (χ3v) is 11.3. The lowest BCUT2D eigenvalue weighted by Gasteiger charge is -2.28. The molecule has 0 heterocycles. The zero-order chi connectivity index (χ0) is 48.0. The second kappa shape index (κ2) is 44.7. The molecule has 0 rings (SSSR count). The first-order valence-electron chi connectivity index (χ1n) is 25.0. The molecule has 0 radical (unpaired) electrons. The summed E-state index contributed by atoms with van der Waals surface area (Å²) < 4.78 is 23.5. The Morgan fingerprint density at radius 1 is 0.554 bits per heavy atom. The van der Waals surface area contributed by atoms with Gasteiger partial charge in [0.1, 0.15) is 19.3 Å². The van der Waals surface area contributed by atoms with Crippen molar-refractivity contribution in [2.24, 2.45) is 0 Å². The summed E-state index contributed by atoms with van der Waals surface area (Å²) in [5.74, 6) is -0.332. The molecule has 0 aliphatic heterocycles. The monoisotopic (exact) mass is 926 g/mol. The topological polar surface area (TPSA) is 125 Å². The Kier molecular flexibility index (Phi) is 42.5. The fraction of sp³-hybridized carbons (Fsp3) is 0.618. The van der Waals surface area contributed by atoms with Gasteiger partial charge in [0.2, 0.25) is 5.91 Å². The van der Waals surface area contributed by atoms with Gasteiger partial charge in [0, 0.05) is 6.42 Å². The van der Waals surface area contributed by atoms with Crippen LogP contribution in [0, 0.1) is 0 Å². The van der Waals surface area contributed by atoms with Crippen molar-refractivity contribution in [2.45, 2.75) is 180 Å². The summed E-state index contributed by atoms with van der Waals surface area (Å²) >= 11 is 0. The molecule has 0 saturated carbocycles. The Balaban J connectivity index is 4.51. The highest BCUT2D eigenvalue weighted by Crippen LogP contribution is 2.43. The summed E-state index contributed by atoms with van der Waals surface area (Å²) in [6, 6.07) is -1.09. The number of phosphoric acid groups is 1. The zero-order valence-electron chi connectivity index (χ0n) is 41.5. The number of hydrogen-bond donors (Lipinski definition) is 4. The van der Waals surface area contributed by atoms with Crippen LogP contribution in [-0.2, 0) is 18.4 Å². The largest absolute Gasteiger partial charge is 0.472 e. The number of rotatable bonds is 43. The quantitative estimate of drug-likeness (QED) is 0.0208. The van der Waals surface area contributed by atoms with Crippen molar-refractivity contribution in [3.05, 3.63) is 122 Å². The number of nitrogens with zero attached hydrogens (tertiary/aromatic N) is 1. The predicted octanol–water partition coefficient (Wildman–Crippen LogP) is 13.6. The van der Waals surface area contributed by atoms with E-state index in [1.807, 2.05) is 27.2 Å². The molecule has 0 aliphatic carbocycles. The Labute approximate surface area is 397 Å². The highest BCUT2D eigenvalue weighted by Gasteiger charge is 2.31. The SMILES string of the molecule is CC/C=C\C/C=C\C/C=C\C/C=C\C/C=C\C/C=C\C/C=C\C/C=C\C/C=C\CCCC(=O)NC(COP(=O)(O)OCC[N+](C)(C)C)C(O)C(O)CCC/C=C/CCCCCCCCC. The number of aliphatic hydroxyl groups is 2. The fourth-order valence-electron chi connectivity index (χ4n) is 6.32. The molecule has 1 amide bonds. The van der Waals surface area contributed by atoms with Crippen molar-refractivity contribution >= 4 is 13.7 Å². The van der Waals surface area contributed by atoms with Crippen LogP contribution in [0.3, 0.4) is 0 Å². The van der Waals surface area contributed by atoms with Crippen molar-refractivity contribution in [2.75, 3.05) is 40.9 Å². The fourth-order valence-corrected chi connectivity index (χ4v) is 7.05. The second-order valence-electron chi connectivity index (χ2n) is 17.6. The van der Waals surface area contributed by atoms with Gasteiger partial charge in [-0.1, -0.05) is 174 Å². The number of phosphoric ester groups is 1. The van der Waals surface area contributed by atoms with Gasteiger partial charge in [-0.05, 0) is 103 Å². The number of likely N-dealkylation sites (N-methyl/N-ethyl adjacent to an activating group) is 1. The van der Waals surface area contributed by atoms with E-state index in [2.05, 4.69) is 135 Å². The normalized spacial score (nSPS) is 15.6. The van der Waals surface area contributed by atoms with Crippen LogP contribution in [-0.4, -0.2) is 84.6 Å². The first-order valence-corrected chi connectivity index (χ1v) is 26.5. The van der Waals surface area contributed by atoms with Gasteiger partial charge in [0.05, 0.1) is 39.9 Å². The van der Waals surface area contributed by atoms with Crippen molar-refractivity contribution in [1.29, 1.82) is 0 Å². The molecular weight excluding hydrogens is 832 g/mol. The molecule has 0 aromatic rings. The maximum Gasteiger partial charge on any atom is 0.472 e. The Morgan fingerprint density at radius 2 is 0.954 bits per heavy atom. The summed E-state index contributed by atoms with van der Waals surface area (Å²) in [5.41, 5.74) is 0. The van der Waals surface area contributed by atoms with Gasteiger partial charge >= 0.3 is 7.82 Å². The number of nitrogens with one attached hydrogen (secondary N) is 1. The minimum atomic E-state index is -4.45. The molecule has 0 spiro atoms. The molecule has 0 aromatic heterocycles. The molecule has 0 aliphatic rings. The van der Waals surface area contributed by atoms with Crippen LogP contribution < -0.4 is 5.32 Å². The molecule has 65 heavy (non-hydrogen) atoms. The van der Waals surface area contributed by atoms with Gasteiger partial charge in [-0.15, -0.1) is 0 Å². The molecule has 10 heteroatoms. The first-order chi connectivity index (χ1) is 31.4. The lowest BCUT2D eigenvalue weighted by Crippen LogP contribution is -2.51. The van der Waals surface area contributed by atoms with Crippen LogP contribution in [0.5, 0.6) is 0 Å². The number of carbonyl (C=O) groups excluding carboxylic acids is 1. The maximum atomic E-state index is 12.9. The van der Waals surface area contributed by atoms with Crippen LogP contribution >= 0.6 is 7.82 Å². The average Bonchev–Trinajstić information content (AvgIpc) is 3.26. The number of unbranched alkanes of at least 4 members (excludes halogenated alkanes) is 9. The highest BCUT2D eigenvalue weighted by atomic mass is 31.2.